The van der Waals surface area contributed by atoms with Gasteiger partial charge in [0.1, 0.15) is 5.25 Å². The average Bonchev–Trinajstić information content (AvgIpc) is 2.88. The minimum absolute atomic E-state index is 0.0977. The van der Waals surface area contributed by atoms with Gasteiger partial charge >= 0.3 is 0 Å². The van der Waals surface area contributed by atoms with Crippen LogP contribution in [0.1, 0.15) is 17.5 Å². The number of rotatable bonds is 4. The van der Waals surface area contributed by atoms with Gasteiger partial charge in [-0.25, -0.2) is 4.99 Å². The molecule has 0 radical (unpaired) electrons. The van der Waals surface area contributed by atoms with Crippen LogP contribution in [0.25, 0.3) is 0 Å². The third-order valence-electron chi connectivity index (χ3n) is 4.35. The number of nitrogens with one attached hydrogen (secondary N) is 1. The fourth-order valence-corrected chi connectivity index (χ4v) is 4.14. The lowest BCUT2D eigenvalue weighted by Gasteiger charge is -2.10. The zero-order valence-corrected chi connectivity index (χ0v) is 18.3. The van der Waals surface area contributed by atoms with Gasteiger partial charge in [0.25, 0.3) is 0 Å². The second-order valence-electron chi connectivity index (χ2n) is 6.43. The first-order chi connectivity index (χ1) is 12.8. The van der Waals surface area contributed by atoms with Gasteiger partial charge in [-0.05, 0) is 84.0 Å². The Balaban J connectivity index is 1.66. The maximum atomic E-state index is 12.5. The number of amides is 2. The van der Waals surface area contributed by atoms with Crippen molar-refractivity contribution in [3.8, 4) is 0 Å². The van der Waals surface area contributed by atoms with E-state index in [0.29, 0.717) is 5.17 Å². The number of nitrogens with zero attached hydrogens (tertiary/aromatic N) is 2. The summed E-state index contributed by atoms with van der Waals surface area (Å²) in [4.78, 5) is 30.9. The molecule has 5 nitrogen and oxygen atoms in total. The highest BCUT2D eigenvalue weighted by molar-refractivity contribution is 14.1. The summed E-state index contributed by atoms with van der Waals surface area (Å²) in [5.74, 6) is -0.271. The number of aryl methyl sites for hydroxylation is 2. The first-order valence-electron chi connectivity index (χ1n) is 8.49. The molecule has 2 aromatic rings. The molecule has 2 amide bonds. The van der Waals surface area contributed by atoms with Crippen LogP contribution in [0.5, 0.6) is 0 Å². The van der Waals surface area contributed by atoms with Crippen molar-refractivity contribution in [2.24, 2.45) is 4.99 Å². The van der Waals surface area contributed by atoms with Crippen molar-refractivity contribution in [3.05, 3.63) is 57.2 Å². The molecule has 3 rings (SSSR count). The lowest BCUT2D eigenvalue weighted by Crippen LogP contribution is -2.30. The Morgan fingerprint density at radius 3 is 2.56 bits per heavy atom. The van der Waals surface area contributed by atoms with Gasteiger partial charge in [-0.1, -0.05) is 17.8 Å². The maximum absolute atomic E-state index is 12.5. The Morgan fingerprint density at radius 2 is 1.89 bits per heavy atom. The van der Waals surface area contributed by atoms with Crippen LogP contribution in [0.15, 0.2) is 47.5 Å². The smallest absolute Gasteiger partial charge is 0.242 e. The van der Waals surface area contributed by atoms with Crippen LogP contribution in [-0.4, -0.2) is 34.2 Å². The van der Waals surface area contributed by atoms with E-state index in [4.69, 9.17) is 0 Å². The predicted molar refractivity (Wildman–Crippen MR) is 120 cm³/mol. The van der Waals surface area contributed by atoms with E-state index in [0.717, 1.165) is 20.5 Å². The van der Waals surface area contributed by atoms with E-state index < -0.39 is 5.25 Å². The first kappa shape index (κ1) is 19.9. The number of hydrogen-bond acceptors (Lipinski definition) is 4. The molecule has 0 bridgehead atoms. The van der Waals surface area contributed by atoms with Crippen LogP contribution in [-0.2, 0) is 9.59 Å². The zero-order valence-electron chi connectivity index (χ0n) is 15.3. The highest BCUT2D eigenvalue weighted by Gasteiger charge is 2.37. The molecule has 7 heteroatoms. The summed E-state index contributed by atoms with van der Waals surface area (Å²) in [5.41, 5.74) is 3.83. The van der Waals surface area contributed by atoms with Crippen molar-refractivity contribution in [2.45, 2.75) is 25.5 Å². The van der Waals surface area contributed by atoms with E-state index in [9.17, 15) is 9.59 Å². The van der Waals surface area contributed by atoms with Crippen LogP contribution in [0, 0.1) is 17.4 Å². The van der Waals surface area contributed by atoms with Crippen LogP contribution >= 0.6 is 34.4 Å². The molecule has 1 saturated heterocycles. The zero-order chi connectivity index (χ0) is 19.6. The Labute approximate surface area is 176 Å². The van der Waals surface area contributed by atoms with Crippen molar-refractivity contribution >= 4 is 62.7 Å². The largest absolute Gasteiger partial charge is 0.326 e. The molecular weight excluding hydrogens is 473 g/mol. The summed E-state index contributed by atoms with van der Waals surface area (Å²) in [6, 6.07) is 13.5. The first-order valence-corrected chi connectivity index (χ1v) is 10.4. The highest BCUT2D eigenvalue weighted by atomic mass is 127. The second kappa shape index (κ2) is 8.43. The second-order valence-corrected chi connectivity index (χ2v) is 8.84. The van der Waals surface area contributed by atoms with Gasteiger partial charge in [-0.2, -0.15) is 0 Å². The minimum atomic E-state index is -0.454. The van der Waals surface area contributed by atoms with Crippen LogP contribution in [0.3, 0.4) is 0 Å². The van der Waals surface area contributed by atoms with E-state index in [-0.39, 0.29) is 18.2 Å². The number of halogens is 1. The lowest BCUT2D eigenvalue weighted by molar-refractivity contribution is -0.127. The van der Waals surface area contributed by atoms with Gasteiger partial charge < -0.3 is 5.32 Å². The molecule has 1 aliphatic rings. The number of carbonyl (C=O) groups is 2. The Bertz CT molecular complexity index is 912. The molecule has 0 unspecified atom stereocenters. The fourth-order valence-electron chi connectivity index (χ4n) is 2.62. The summed E-state index contributed by atoms with van der Waals surface area (Å²) >= 11 is 3.57. The van der Waals surface area contributed by atoms with Gasteiger partial charge in [0.15, 0.2) is 5.17 Å². The molecule has 1 fully saturated rings. The number of aliphatic imine (C=N–C) groups is 1. The summed E-state index contributed by atoms with van der Waals surface area (Å²) in [5, 5.41) is 3.04. The monoisotopic (exact) mass is 493 g/mol. The normalized spacial score (nSPS) is 18.2. The fraction of sp³-hybridized carbons (Fsp3) is 0.250. The molecule has 27 heavy (non-hydrogen) atoms. The number of carbonyl (C=O) groups excluding carboxylic acids is 2. The van der Waals surface area contributed by atoms with Crippen LogP contribution in [0.2, 0.25) is 0 Å². The highest BCUT2D eigenvalue weighted by Crippen LogP contribution is 2.31. The van der Waals surface area contributed by atoms with Gasteiger partial charge in [0, 0.05) is 22.7 Å². The van der Waals surface area contributed by atoms with E-state index in [1.54, 1.807) is 7.05 Å². The standard InChI is InChI=1S/C20H20IN3O2S/c1-12-4-7-16(10-13(12)2)22-18(25)11-17-19(26)24(3)20(27-17)23-15-8-5-14(21)6-9-15/h4-10,17H,11H2,1-3H3,(H,22,25)/t17-/m1/s1. The van der Waals surface area contributed by atoms with Gasteiger partial charge in [-0.3, -0.25) is 14.5 Å². The average molecular weight is 493 g/mol. The number of amidine groups is 1. The summed E-state index contributed by atoms with van der Waals surface area (Å²) in [7, 11) is 1.70. The molecule has 0 saturated carbocycles. The molecule has 1 N–H and O–H groups in total. The number of anilines is 1. The number of hydrogen-bond donors (Lipinski definition) is 1. The van der Waals surface area contributed by atoms with E-state index in [2.05, 4.69) is 32.9 Å². The lowest BCUT2D eigenvalue weighted by atomic mass is 10.1. The van der Waals surface area contributed by atoms with Crippen molar-refractivity contribution < 1.29 is 9.59 Å². The molecule has 1 heterocycles. The Hall–Kier alpha value is -1.87. The summed E-state index contributed by atoms with van der Waals surface area (Å²) in [6.45, 7) is 4.03. The minimum Gasteiger partial charge on any atom is -0.326 e. The Morgan fingerprint density at radius 1 is 1.19 bits per heavy atom. The summed E-state index contributed by atoms with van der Waals surface area (Å²) in [6.07, 6.45) is 0.118. The van der Waals surface area contributed by atoms with Gasteiger partial charge in [0.05, 0.1) is 5.69 Å². The van der Waals surface area contributed by atoms with Crippen molar-refractivity contribution in [2.75, 3.05) is 12.4 Å². The van der Waals surface area contributed by atoms with Crippen LogP contribution < -0.4 is 5.32 Å². The van der Waals surface area contributed by atoms with Crippen molar-refractivity contribution in [1.29, 1.82) is 0 Å². The van der Waals surface area contributed by atoms with Gasteiger partial charge in [0.2, 0.25) is 11.8 Å². The molecular formula is C20H20IN3O2S. The molecule has 2 aromatic carbocycles. The number of benzene rings is 2. The van der Waals surface area contributed by atoms with Crippen molar-refractivity contribution in [1.82, 2.24) is 4.90 Å². The number of thioether (sulfide) groups is 1. The third kappa shape index (κ3) is 4.90. The molecule has 140 valence electrons. The predicted octanol–water partition coefficient (Wildman–Crippen LogP) is 4.50. The molecule has 1 atom stereocenters. The van der Waals surface area contributed by atoms with Crippen LogP contribution in [0.4, 0.5) is 11.4 Å². The molecule has 0 aromatic heterocycles. The van der Waals surface area contributed by atoms with Crippen molar-refractivity contribution in [3.63, 3.8) is 0 Å². The van der Waals surface area contributed by atoms with E-state index in [1.807, 2.05) is 56.3 Å². The summed E-state index contributed by atoms with van der Waals surface area (Å²) < 4.78 is 1.13. The molecule has 1 aliphatic heterocycles. The molecule has 0 spiro atoms. The maximum Gasteiger partial charge on any atom is 0.242 e. The quantitative estimate of drug-likeness (QED) is 0.639. The topological polar surface area (TPSA) is 61.8 Å². The SMILES string of the molecule is Cc1ccc(NC(=O)C[C@H]2SC(=Nc3ccc(I)cc3)N(C)C2=O)cc1C. The van der Waals surface area contributed by atoms with E-state index in [1.165, 1.54) is 22.2 Å². The van der Waals surface area contributed by atoms with E-state index >= 15 is 0 Å². The Kier molecular flexibility index (Phi) is 6.21. The van der Waals surface area contributed by atoms with Gasteiger partial charge in [-0.15, -0.1) is 0 Å². The molecule has 0 aliphatic carbocycles. The third-order valence-corrected chi connectivity index (χ3v) is 6.30.